The number of hydrogen-bond donors (Lipinski definition) is 3. The average Bonchev–Trinajstić information content (AvgIpc) is 3.40. The summed E-state index contributed by atoms with van der Waals surface area (Å²) in [6.45, 7) is 1.37. The molecule has 142 valence electrons. The van der Waals surface area contributed by atoms with Crippen molar-refractivity contribution in [3.8, 4) is 0 Å². The maximum absolute atomic E-state index is 12.6. The summed E-state index contributed by atoms with van der Waals surface area (Å²) in [5.74, 6) is -0.754. The highest BCUT2D eigenvalue weighted by atomic mass is 79.9. The van der Waals surface area contributed by atoms with Gasteiger partial charge in [0.2, 0.25) is 15.9 Å². The topological polar surface area (TPSA) is 104 Å². The van der Waals surface area contributed by atoms with Crippen molar-refractivity contribution in [3.63, 3.8) is 0 Å². The van der Waals surface area contributed by atoms with E-state index < -0.39 is 15.9 Å². The maximum Gasteiger partial charge on any atom is 0.255 e. The van der Waals surface area contributed by atoms with Crippen LogP contribution in [0.1, 0.15) is 30.1 Å². The lowest BCUT2D eigenvalue weighted by atomic mass is 10.2. The van der Waals surface area contributed by atoms with Crippen LogP contribution < -0.4 is 15.4 Å². The summed E-state index contributed by atoms with van der Waals surface area (Å²) in [6.07, 6.45) is 1.66. The van der Waals surface area contributed by atoms with Crippen molar-refractivity contribution in [3.05, 3.63) is 52.5 Å². The molecular weight excluding hydrogens is 434 g/mol. The van der Waals surface area contributed by atoms with Crippen LogP contribution in [0, 0.1) is 0 Å². The fourth-order valence-corrected chi connectivity index (χ4v) is 4.12. The van der Waals surface area contributed by atoms with Gasteiger partial charge >= 0.3 is 0 Å². The number of rotatable bonds is 6. The first-order valence-electron chi connectivity index (χ1n) is 8.25. The third-order valence-corrected chi connectivity index (χ3v) is 5.86. The van der Waals surface area contributed by atoms with Crippen molar-refractivity contribution in [2.24, 2.45) is 0 Å². The third kappa shape index (κ3) is 5.15. The van der Waals surface area contributed by atoms with E-state index in [2.05, 4.69) is 31.3 Å². The van der Waals surface area contributed by atoms with Crippen molar-refractivity contribution < 1.29 is 18.0 Å². The minimum Gasteiger partial charge on any atom is -0.325 e. The Hall–Kier alpha value is -2.23. The van der Waals surface area contributed by atoms with E-state index in [4.69, 9.17) is 0 Å². The van der Waals surface area contributed by atoms with E-state index in [0.717, 1.165) is 17.3 Å². The molecule has 7 nitrogen and oxygen atoms in total. The number of amides is 2. The second-order valence-electron chi connectivity index (χ2n) is 6.25. The summed E-state index contributed by atoms with van der Waals surface area (Å²) in [6, 6.07) is 10.8. The normalized spacial score (nSPS) is 13.9. The lowest BCUT2D eigenvalue weighted by molar-refractivity contribution is -0.114. The summed E-state index contributed by atoms with van der Waals surface area (Å²) in [5, 5.41) is 5.35. The van der Waals surface area contributed by atoms with Gasteiger partial charge in [-0.1, -0.05) is 22.0 Å². The van der Waals surface area contributed by atoms with Gasteiger partial charge in [-0.05, 0) is 49.2 Å². The second-order valence-corrected chi connectivity index (χ2v) is 8.88. The number of carbonyl (C=O) groups excluding carboxylic acids is 2. The molecule has 0 aromatic heterocycles. The van der Waals surface area contributed by atoms with Crippen molar-refractivity contribution in [1.82, 2.24) is 4.72 Å². The largest absolute Gasteiger partial charge is 0.325 e. The van der Waals surface area contributed by atoms with E-state index >= 15 is 0 Å². The van der Waals surface area contributed by atoms with Crippen LogP contribution in [-0.2, 0) is 14.8 Å². The molecule has 0 heterocycles. The molecule has 0 unspecified atom stereocenters. The highest BCUT2D eigenvalue weighted by molar-refractivity contribution is 9.10. The Kier molecular flexibility index (Phi) is 5.64. The van der Waals surface area contributed by atoms with Gasteiger partial charge in [0.1, 0.15) is 0 Å². The standard InChI is InChI=1S/C18H18BrN3O4S/c1-11(23)20-16-8-5-13(19)10-17(16)21-18(24)12-3-2-4-15(9-12)27(25,26)22-14-6-7-14/h2-5,8-10,14,22H,6-7H2,1H3,(H,20,23)(H,21,24). The number of anilines is 2. The van der Waals surface area contributed by atoms with Gasteiger partial charge in [-0.2, -0.15) is 0 Å². The number of carbonyl (C=O) groups is 2. The van der Waals surface area contributed by atoms with E-state index in [1.54, 1.807) is 18.2 Å². The molecule has 0 saturated heterocycles. The van der Waals surface area contributed by atoms with Crippen LogP contribution in [0.25, 0.3) is 0 Å². The van der Waals surface area contributed by atoms with Crippen LogP contribution in [0.5, 0.6) is 0 Å². The molecule has 2 aromatic carbocycles. The number of halogens is 1. The zero-order chi connectivity index (χ0) is 19.6. The van der Waals surface area contributed by atoms with Crippen molar-refractivity contribution >= 4 is 49.1 Å². The zero-order valence-electron chi connectivity index (χ0n) is 14.5. The molecular formula is C18H18BrN3O4S. The van der Waals surface area contributed by atoms with E-state index in [9.17, 15) is 18.0 Å². The predicted molar refractivity (Wildman–Crippen MR) is 106 cm³/mol. The second kappa shape index (κ2) is 7.79. The zero-order valence-corrected chi connectivity index (χ0v) is 16.9. The van der Waals surface area contributed by atoms with Gasteiger partial charge in [-0.15, -0.1) is 0 Å². The monoisotopic (exact) mass is 451 g/mol. The number of benzene rings is 2. The van der Waals surface area contributed by atoms with Gasteiger partial charge in [0.25, 0.3) is 5.91 Å². The molecule has 1 fully saturated rings. The summed E-state index contributed by atoms with van der Waals surface area (Å²) < 4.78 is 28.0. The highest BCUT2D eigenvalue weighted by Gasteiger charge is 2.28. The van der Waals surface area contributed by atoms with Gasteiger partial charge in [0.05, 0.1) is 16.3 Å². The first kappa shape index (κ1) is 19.5. The van der Waals surface area contributed by atoms with E-state index in [1.807, 2.05) is 0 Å². The Morgan fingerprint density at radius 3 is 2.44 bits per heavy atom. The van der Waals surface area contributed by atoms with Crippen LogP contribution in [0.15, 0.2) is 51.8 Å². The molecule has 1 aliphatic rings. The quantitative estimate of drug-likeness (QED) is 0.627. The molecule has 2 aromatic rings. The molecule has 1 saturated carbocycles. The number of sulfonamides is 1. The Bertz CT molecular complexity index is 1000. The summed E-state index contributed by atoms with van der Waals surface area (Å²) in [4.78, 5) is 24.0. The molecule has 27 heavy (non-hydrogen) atoms. The van der Waals surface area contributed by atoms with Gasteiger partial charge < -0.3 is 10.6 Å². The molecule has 0 aliphatic heterocycles. The van der Waals surface area contributed by atoms with Crippen LogP contribution in [0.2, 0.25) is 0 Å². The van der Waals surface area contributed by atoms with Crippen LogP contribution >= 0.6 is 15.9 Å². The molecule has 3 N–H and O–H groups in total. The van der Waals surface area contributed by atoms with Gasteiger partial charge in [-0.3, -0.25) is 9.59 Å². The Morgan fingerprint density at radius 2 is 1.78 bits per heavy atom. The van der Waals surface area contributed by atoms with Crippen LogP contribution in [0.3, 0.4) is 0 Å². The first-order chi connectivity index (χ1) is 12.7. The smallest absolute Gasteiger partial charge is 0.255 e. The lowest BCUT2D eigenvalue weighted by Crippen LogP contribution is -2.26. The summed E-state index contributed by atoms with van der Waals surface area (Å²) >= 11 is 3.32. The van der Waals surface area contributed by atoms with Crippen LogP contribution in [-0.4, -0.2) is 26.3 Å². The molecule has 0 bridgehead atoms. The predicted octanol–water partition coefficient (Wildman–Crippen LogP) is 3.10. The highest BCUT2D eigenvalue weighted by Crippen LogP contribution is 2.27. The maximum atomic E-state index is 12.6. The minimum absolute atomic E-state index is 0.0191. The lowest BCUT2D eigenvalue weighted by Gasteiger charge is -2.13. The van der Waals surface area contributed by atoms with E-state index in [0.29, 0.717) is 11.4 Å². The Morgan fingerprint density at radius 1 is 1.04 bits per heavy atom. The fraction of sp³-hybridized carbons (Fsp3) is 0.222. The van der Waals surface area contributed by atoms with Crippen molar-refractivity contribution in [2.75, 3.05) is 10.6 Å². The minimum atomic E-state index is -3.65. The van der Waals surface area contributed by atoms with E-state index in [-0.39, 0.29) is 22.4 Å². The van der Waals surface area contributed by atoms with Gasteiger partial charge in [0.15, 0.2) is 0 Å². The molecule has 0 atom stereocenters. The number of nitrogens with one attached hydrogen (secondary N) is 3. The molecule has 9 heteroatoms. The Balaban J connectivity index is 1.84. The fourth-order valence-electron chi connectivity index (χ4n) is 2.41. The molecule has 2 amide bonds. The van der Waals surface area contributed by atoms with Gasteiger partial charge in [0, 0.05) is 23.0 Å². The first-order valence-corrected chi connectivity index (χ1v) is 10.5. The molecule has 0 spiro atoms. The van der Waals surface area contributed by atoms with Crippen molar-refractivity contribution in [2.45, 2.75) is 30.7 Å². The van der Waals surface area contributed by atoms with E-state index in [1.165, 1.54) is 31.2 Å². The number of hydrogen-bond acceptors (Lipinski definition) is 4. The summed E-state index contributed by atoms with van der Waals surface area (Å²) in [7, 11) is -3.65. The average molecular weight is 452 g/mol. The SMILES string of the molecule is CC(=O)Nc1ccc(Br)cc1NC(=O)c1cccc(S(=O)(=O)NC2CC2)c1. The molecule has 1 aliphatic carbocycles. The van der Waals surface area contributed by atoms with Gasteiger partial charge in [-0.25, -0.2) is 13.1 Å². The Labute approximate surface area is 165 Å². The summed E-state index contributed by atoms with van der Waals surface area (Å²) in [5.41, 5.74) is 1.04. The molecule has 0 radical (unpaired) electrons. The van der Waals surface area contributed by atoms with Crippen LogP contribution in [0.4, 0.5) is 11.4 Å². The molecule has 3 rings (SSSR count). The third-order valence-electron chi connectivity index (χ3n) is 3.85. The van der Waals surface area contributed by atoms with Crippen molar-refractivity contribution in [1.29, 1.82) is 0 Å².